The van der Waals surface area contributed by atoms with Crippen LogP contribution in [0.15, 0.2) is 42.5 Å². The molecule has 2 aromatic carbocycles. The predicted molar refractivity (Wildman–Crippen MR) is 76.0 cm³/mol. The van der Waals surface area contributed by atoms with Crippen LogP contribution in [-0.4, -0.2) is 11.0 Å². The Bertz CT molecular complexity index is 660. The van der Waals surface area contributed by atoms with Crippen molar-refractivity contribution >= 4 is 22.6 Å². The summed E-state index contributed by atoms with van der Waals surface area (Å²) in [4.78, 5) is 23.8. The summed E-state index contributed by atoms with van der Waals surface area (Å²) >= 11 is 5.51. The van der Waals surface area contributed by atoms with Crippen molar-refractivity contribution in [3.63, 3.8) is 0 Å². The van der Waals surface area contributed by atoms with Gasteiger partial charge in [-0.25, -0.2) is 0 Å². The lowest BCUT2D eigenvalue weighted by atomic mass is 9.95. The summed E-state index contributed by atoms with van der Waals surface area (Å²) < 4.78 is 0. The van der Waals surface area contributed by atoms with Crippen molar-refractivity contribution in [3.05, 3.63) is 70.3 Å². The van der Waals surface area contributed by atoms with Gasteiger partial charge in [0, 0.05) is 16.7 Å². The topological polar surface area (TPSA) is 34.1 Å². The van der Waals surface area contributed by atoms with Gasteiger partial charge < -0.3 is 0 Å². The molecular formula is C16H13ClO2. The third-order valence-electron chi connectivity index (χ3n) is 3.01. The molecule has 0 spiro atoms. The molecule has 96 valence electrons. The van der Waals surface area contributed by atoms with Crippen molar-refractivity contribution in [2.75, 3.05) is 0 Å². The molecule has 2 nitrogen and oxygen atoms in total. The number of rotatable bonds is 3. The molecular weight excluding hydrogens is 260 g/mol. The highest BCUT2D eigenvalue weighted by Crippen LogP contribution is 2.19. The molecule has 0 aromatic heterocycles. The maximum absolute atomic E-state index is 12.5. The molecule has 0 radical (unpaired) electrons. The van der Waals surface area contributed by atoms with E-state index in [0.29, 0.717) is 11.1 Å². The molecule has 3 heteroatoms. The van der Waals surface area contributed by atoms with Crippen molar-refractivity contribution in [3.8, 4) is 0 Å². The Labute approximate surface area is 117 Å². The third kappa shape index (κ3) is 2.74. The van der Waals surface area contributed by atoms with Crippen molar-refractivity contribution in [1.82, 2.24) is 0 Å². The maximum Gasteiger partial charge on any atom is 0.253 e. The zero-order valence-electron chi connectivity index (χ0n) is 10.7. The van der Waals surface area contributed by atoms with Crippen molar-refractivity contribution in [1.29, 1.82) is 0 Å². The molecule has 0 N–H and O–H groups in total. The molecule has 2 rings (SSSR count). The minimum atomic E-state index is -0.617. The van der Waals surface area contributed by atoms with Gasteiger partial charge in [0.1, 0.15) is 0 Å². The molecule has 0 heterocycles. The average molecular weight is 273 g/mol. The van der Waals surface area contributed by atoms with E-state index in [-0.39, 0.29) is 11.3 Å². The number of carbonyl (C=O) groups is 2. The van der Waals surface area contributed by atoms with Gasteiger partial charge in [0.2, 0.25) is 0 Å². The first kappa shape index (κ1) is 13.5. The fourth-order valence-electron chi connectivity index (χ4n) is 2.07. The van der Waals surface area contributed by atoms with Crippen LogP contribution in [0.2, 0.25) is 0 Å². The van der Waals surface area contributed by atoms with Crippen LogP contribution in [0.4, 0.5) is 0 Å². The highest BCUT2D eigenvalue weighted by Gasteiger charge is 2.17. The lowest BCUT2D eigenvalue weighted by Gasteiger charge is -2.08. The lowest BCUT2D eigenvalue weighted by Crippen LogP contribution is -2.08. The third-order valence-corrected chi connectivity index (χ3v) is 3.21. The molecule has 0 amide bonds. The number of aryl methyl sites for hydroxylation is 2. The standard InChI is InChI=1S/C16H13ClO2/c1-10-7-8-12(11(2)9-10)15(18)13-5-3-4-6-14(13)16(17)19/h3-9H,1-2H3. The van der Waals surface area contributed by atoms with E-state index in [1.165, 1.54) is 0 Å². The zero-order valence-corrected chi connectivity index (χ0v) is 11.5. The van der Waals surface area contributed by atoms with Gasteiger partial charge in [-0.3, -0.25) is 9.59 Å². The van der Waals surface area contributed by atoms with Gasteiger partial charge in [-0.05, 0) is 37.1 Å². The van der Waals surface area contributed by atoms with Gasteiger partial charge >= 0.3 is 0 Å². The van der Waals surface area contributed by atoms with Crippen LogP contribution >= 0.6 is 11.6 Å². The summed E-state index contributed by atoms with van der Waals surface area (Å²) in [6.07, 6.45) is 0. The quantitative estimate of drug-likeness (QED) is 0.627. The van der Waals surface area contributed by atoms with Gasteiger partial charge in [-0.2, -0.15) is 0 Å². The Morgan fingerprint density at radius 2 is 1.53 bits per heavy atom. The minimum Gasteiger partial charge on any atom is -0.289 e. The Hall–Kier alpha value is -1.93. The minimum absolute atomic E-state index is 0.179. The van der Waals surface area contributed by atoms with Crippen LogP contribution in [0.1, 0.15) is 37.4 Å². The first-order valence-electron chi connectivity index (χ1n) is 5.91. The highest BCUT2D eigenvalue weighted by atomic mass is 35.5. The SMILES string of the molecule is Cc1ccc(C(=O)c2ccccc2C(=O)Cl)c(C)c1. The summed E-state index contributed by atoms with van der Waals surface area (Å²) in [6.45, 7) is 3.85. The van der Waals surface area contributed by atoms with E-state index in [2.05, 4.69) is 0 Å². The van der Waals surface area contributed by atoms with E-state index >= 15 is 0 Å². The Balaban J connectivity index is 2.53. The second-order valence-corrected chi connectivity index (χ2v) is 4.81. The highest BCUT2D eigenvalue weighted by molar-refractivity contribution is 6.68. The number of hydrogen-bond donors (Lipinski definition) is 0. The molecule has 19 heavy (non-hydrogen) atoms. The number of benzene rings is 2. The first-order chi connectivity index (χ1) is 9.00. The first-order valence-corrected chi connectivity index (χ1v) is 6.29. The van der Waals surface area contributed by atoms with E-state index < -0.39 is 5.24 Å². The molecule has 0 bridgehead atoms. The van der Waals surface area contributed by atoms with E-state index in [9.17, 15) is 9.59 Å². The summed E-state index contributed by atoms with van der Waals surface area (Å²) in [6, 6.07) is 12.2. The van der Waals surface area contributed by atoms with Crippen LogP contribution in [0, 0.1) is 13.8 Å². The van der Waals surface area contributed by atoms with Gasteiger partial charge in [-0.15, -0.1) is 0 Å². The van der Waals surface area contributed by atoms with Crippen LogP contribution in [-0.2, 0) is 0 Å². The Kier molecular flexibility index (Phi) is 3.82. The van der Waals surface area contributed by atoms with E-state index in [0.717, 1.165) is 11.1 Å². The second kappa shape index (κ2) is 5.37. The molecule has 0 unspecified atom stereocenters. The fourth-order valence-corrected chi connectivity index (χ4v) is 2.23. The molecule has 0 fully saturated rings. The fraction of sp³-hybridized carbons (Fsp3) is 0.125. The van der Waals surface area contributed by atoms with Gasteiger partial charge in [0.25, 0.3) is 5.24 Å². The van der Waals surface area contributed by atoms with Crippen LogP contribution in [0.25, 0.3) is 0 Å². The Morgan fingerprint density at radius 1 is 0.895 bits per heavy atom. The molecule has 0 aliphatic carbocycles. The van der Waals surface area contributed by atoms with Crippen molar-refractivity contribution in [2.24, 2.45) is 0 Å². The molecule has 0 aliphatic rings. The second-order valence-electron chi connectivity index (χ2n) is 4.47. The summed E-state index contributed by atoms with van der Waals surface area (Å²) in [5.41, 5.74) is 3.16. The summed E-state index contributed by atoms with van der Waals surface area (Å²) in [5.74, 6) is -0.179. The van der Waals surface area contributed by atoms with Crippen molar-refractivity contribution in [2.45, 2.75) is 13.8 Å². The smallest absolute Gasteiger partial charge is 0.253 e. The normalized spacial score (nSPS) is 10.3. The summed E-state index contributed by atoms with van der Waals surface area (Å²) in [5, 5.41) is -0.617. The molecule has 2 aromatic rings. The van der Waals surface area contributed by atoms with E-state index in [4.69, 9.17) is 11.6 Å². The number of halogens is 1. The van der Waals surface area contributed by atoms with Gasteiger partial charge in [-0.1, -0.05) is 42.0 Å². The molecule has 0 saturated heterocycles. The summed E-state index contributed by atoms with van der Waals surface area (Å²) in [7, 11) is 0. The molecule has 0 saturated carbocycles. The largest absolute Gasteiger partial charge is 0.289 e. The zero-order chi connectivity index (χ0) is 14.0. The Morgan fingerprint density at radius 3 is 2.11 bits per heavy atom. The number of ketones is 1. The van der Waals surface area contributed by atoms with Crippen LogP contribution < -0.4 is 0 Å². The predicted octanol–water partition coefficient (Wildman–Crippen LogP) is 3.91. The van der Waals surface area contributed by atoms with Crippen LogP contribution in [0.3, 0.4) is 0 Å². The van der Waals surface area contributed by atoms with E-state index in [1.807, 2.05) is 26.0 Å². The monoisotopic (exact) mass is 272 g/mol. The van der Waals surface area contributed by atoms with Gasteiger partial charge in [0.05, 0.1) is 0 Å². The number of carbonyl (C=O) groups excluding carboxylic acids is 2. The van der Waals surface area contributed by atoms with Crippen molar-refractivity contribution < 1.29 is 9.59 Å². The molecule has 0 aliphatic heterocycles. The van der Waals surface area contributed by atoms with Gasteiger partial charge in [0.15, 0.2) is 5.78 Å². The maximum atomic E-state index is 12.5. The average Bonchev–Trinajstić information content (AvgIpc) is 2.38. The van der Waals surface area contributed by atoms with Crippen LogP contribution in [0.5, 0.6) is 0 Å². The molecule has 0 atom stereocenters. The van der Waals surface area contributed by atoms with E-state index in [1.54, 1.807) is 30.3 Å². The number of hydrogen-bond acceptors (Lipinski definition) is 2. The lowest BCUT2D eigenvalue weighted by molar-refractivity contribution is 0.102.